The Labute approximate surface area is 244 Å². The minimum absolute atomic E-state index is 0.0409. The number of para-hydroxylation sites is 1. The van der Waals surface area contributed by atoms with Crippen LogP contribution in [-0.2, 0) is 9.59 Å². The van der Waals surface area contributed by atoms with Crippen LogP contribution in [0.3, 0.4) is 0 Å². The monoisotopic (exact) mass is 619 g/mol. The summed E-state index contributed by atoms with van der Waals surface area (Å²) < 4.78 is 0.811. The van der Waals surface area contributed by atoms with E-state index in [9.17, 15) is 14.4 Å². The van der Waals surface area contributed by atoms with Crippen molar-refractivity contribution in [3.05, 3.63) is 129 Å². The SMILES string of the molecule is O=C(CSc1ccc(NC(=O)/C(=C/c2ccccc2Cl)NC(=O)c2ccccc2)cc1)Nc1ccccc1Br. The number of anilines is 2. The van der Waals surface area contributed by atoms with Gasteiger partial charge in [-0.1, -0.05) is 60.1 Å². The van der Waals surface area contributed by atoms with E-state index in [4.69, 9.17) is 11.6 Å². The standard InChI is InChI=1S/C30H23BrClN3O3S/c31-24-11-5-7-13-26(24)34-28(36)19-39-23-16-14-22(15-17-23)33-30(38)27(18-21-10-4-6-12-25(21)32)35-29(37)20-8-2-1-3-9-20/h1-18H,19H2,(H,33,38)(H,34,36)(H,35,37)/b27-18-. The van der Waals surface area contributed by atoms with Crippen LogP contribution in [0.1, 0.15) is 15.9 Å². The summed E-state index contributed by atoms with van der Waals surface area (Å²) in [5.41, 5.74) is 2.28. The van der Waals surface area contributed by atoms with Gasteiger partial charge in [-0.15, -0.1) is 11.8 Å². The van der Waals surface area contributed by atoms with Crippen LogP contribution >= 0.6 is 39.3 Å². The predicted octanol–water partition coefficient (Wildman–Crippen LogP) is 7.24. The Morgan fingerprint density at radius 1 is 0.795 bits per heavy atom. The van der Waals surface area contributed by atoms with Gasteiger partial charge in [0.1, 0.15) is 5.70 Å². The summed E-state index contributed by atoms with van der Waals surface area (Å²) in [6.45, 7) is 0. The maximum atomic E-state index is 13.2. The van der Waals surface area contributed by atoms with E-state index >= 15 is 0 Å². The van der Waals surface area contributed by atoms with Crippen LogP contribution in [0.2, 0.25) is 5.02 Å². The van der Waals surface area contributed by atoms with Gasteiger partial charge in [0.2, 0.25) is 5.91 Å². The lowest BCUT2D eigenvalue weighted by Crippen LogP contribution is -2.30. The Kier molecular flexibility index (Phi) is 9.97. The third kappa shape index (κ3) is 8.32. The van der Waals surface area contributed by atoms with E-state index in [1.807, 2.05) is 36.4 Å². The number of thioether (sulfide) groups is 1. The number of hydrogen-bond donors (Lipinski definition) is 3. The Morgan fingerprint density at radius 2 is 1.46 bits per heavy atom. The molecule has 0 atom stereocenters. The van der Waals surface area contributed by atoms with Crippen LogP contribution < -0.4 is 16.0 Å². The smallest absolute Gasteiger partial charge is 0.272 e. The molecule has 0 aliphatic heterocycles. The highest BCUT2D eigenvalue weighted by Gasteiger charge is 2.16. The first-order valence-electron chi connectivity index (χ1n) is 11.8. The van der Waals surface area contributed by atoms with Gasteiger partial charge in [0.05, 0.1) is 11.4 Å². The van der Waals surface area contributed by atoms with Crippen molar-refractivity contribution in [2.45, 2.75) is 4.90 Å². The lowest BCUT2D eigenvalue weighted by Gasteiger charge is -2.12. The van der Waals surface area contributed by atoms with E-state index in [0.29, 0.717) is 27.5 Å². The Hall–Kier alpha value is -3.85. The lowest BCUT2D eigenvalue weighted by atomic mass is 10.1. The molecule has 0 aliphatic carbocycles. The molecule has 6 nitrogen and oxygen atoms in total. The molecule has 0 aromatic heterocycles. The van der Waals surface area contributed by atoms with E-state index in [2.05, 4.69) is 31.9 Å². The van der Waals surface area contributed by atoms with Crippen molar-refractivity contribution >= 4 is 74.5 Å². The molecule has 0 spiro atoms. The van der Waals surface area contributed by atoms with Gasteiger partial charge >= 0.3 is 0 Å². The molecule has 4 aromatic carbocycles. The third-order valence-electron chi connectivity index (χ3n) is 5.36. The number of carbonyl (C=O) groups excluding carboxylic acids is 3. The van der Waals surface area contributed by atoms with Crippen LogP contribution in [0.25, 0.3) is 6.08 Å². The van der Waals surface area contributed by atoms with Crippen molar-refractivity contribution in [3.8, 4) is 0 Å². The average molecular weight is 621 g/mol. The van der Waals surface area contributed by atoms with Gasteiger partial charge in [0, 0.05) is 25.6 Å². The molecule has 0 saturated carbocycles. The van der Waals surface area contributed by atoms with E-state index < -0.39 is 11.8 Å². The largest absolute Gasteiger partial charge is 0.324 e. The molecule has 0 unspecified atom stereocenters. The van der Waals surface area contributed by atoms with Gasteiger partial charge in [-0.2, -0.15) is 0 Å². The van der Waals surface area contributed by atoms with E-state index in [1.54, 1.807) is 66.7 Å². The molecule has 4 rings (SSSR count). The van der Waals surface area contributed by atoms with Crippen molar-refractivity contribution in [2.24, 2.45) is 0 Å². The van der Waals surface area contributed by atoms with Crippen molar-refractivity contribution in [1.82, 2.24) is 5.32 Å². The highest BCUT2D eigenvalue weighted by molar-refractivity contribution is 9.10. The molecule has 3 N–H and O–H groups in total. The van der Waals surface area contributed by atoms with Crippen LogP contribution in [0.4, 0.5) is 11.4 Å². The van der Waals surface area contributed by atoms with Crippen LogP contribution in [-0.4, -0.2) is 23.5 Å². The minimum atomic E-state index is -0.507. The molecule has 196 valence electrons. The lowest BCUT2D eigenvalue weighted by molar-refractivity contribution is -0.114. The fourth-order valence-corrected chi connectivity index (χ4v) is 4.69. The highest BCUT2D eigenvalue weighted by atomic mass is 79.9. The van der Waals surface area contributed by atoms with E-state index in [-0.39, 0.29) is 17.4 Å². The molecule has 0 fully saturated rings. The zero-order chi connectivity index (χ0) is 27.6. The molecule has 0 bridgehead atoms. The fraction of sp³-hybridized carbons (Fsp3) is 0.0333. The summed E-state index contributed by atoms with van der Waals surface area (Å²) in [5.74, 6) is -0.833. The van der Waals surface area contributed by atoms with Crippen LogP contribution in [0, 0.1) is 0 Å². The van der Waals surface area contributed by atoms with Gasteiger partial charge in [-0.25, -0.2) is 0 Å². The van der Waals surface area contributed by atoms with Crippen molar-refractivity contribution in [1.29, 1.82) is 0 Å². The first-order valence-corrected chi connectivity index (χ1v) is 14.0. The molecule has 4 aromatic rings. The second kappa shape index (κ2) is 13.8. The summed E-state index contributed by atoms with van der Waals surface area (Å²) >= 11 is 11.1. The fourth-order valence-electron chi connectivity index (χ4n) is 3.42. The predicted molar refractivity (Wildman–Crippen MR) is 162 cm³/mol. The summed E-state index contributed by atoms with van der Waals surface area (Å²) in [6, 6.07) is 30.2. The molecule has 0 aliphatic rings. The second-order valence-corrected chi connectivity index (χ2v) is 10.5. The number of hydrogen-bond acceptors (Lipinski definition) is 4. The minimum Gasteiger partial charge on any atom is -0.324 e. The second-order valence-electron chi connectivity index (χ2n) is 8.19. The maximum absolute atomic E-state index is 13.2. The van der Waals surface area contributed by atoms with Crippen molar-refractivity contribution in [2.75, 3.05) is 16.4 Å². The topological polar surface area (TPSA) is 87.3 Å². The first kappa shape index (κ1) is 28.2. The molecule has 3 amide bonds. The number of benzene rings is 4. The van der Waals surface area contributed by atoms with Crippen LogP contribution in [0.15, 0.2) is 118 Å². The zero-order valence-corrected chi connectivity index (χ0v) is 23.6. The normalized spacial score (nSPS) is 11.0. The Morgan fingerprint density at radius 3 is 2.18 bits per heavy atom. The summed E-state index contributed by atoms with van der Waals surface area (Å²) in [4.78, 5) is 39.2. The van der Waals surface area contributed by atoms with Gasteiger partial charge in [-0.05, 0) is 82.2 Å². The molecule has 0 saturated heterocycles. The molecule has 9 heteroatoms. The number of rotatable bonds is 9. The quantitative estimate of drug-likeness (QED) is 0.136. The molecule has 0 radical (unpaired) electrons. The molecular weight excluding hydrogens is 598 g/mol. The third-order valence-corrected chi connectivity index (χ3v) is 7.41. The molecule has 0 heterocycles. The Balaban J connectivity index is 1.41. The van der Waals surface area contributed by atoms with Gasteiger partial charge in [-0.3, -0.25) is 14.4 Å². The van der Waals surface area contributed by atoms with Gasteiger partial charge in [0.25, 0.3) is 11.8 Å². The van der Waals surface area contributed by atoms with Crippen molar-refractivity contribution < 1.29 is 14.4 Å². The average Bonchev–Trinajstić information content (AvgIpc) is 2.95. The maximum Gasteiger partial charge on any atom is 0.272 e. The number of amides is 3. The van der Waals surface area contributed by atoms with Crippen molar-refractivity contribution in [3.63, 3.8) is 0 Å². The zero-order valence-electron chi connectivity index (χ0n) is 20.5. The van der Waals surface area contributed by atoms with E-state index in [0.717, 1.165) is 9.37 Å². The summed E-state index contributed by atoms with van der Waals surface area (Å²) in [5, 5.41) is 8.82. The molecular formula is C30H23BrClN3O3S. The highest BCUT2D eigenvalue weighted by Crippen LogP contribution is 2.24. The van der Waals surface area contributed by atoms with Gasteiger partial charge in [0.15, 0.2) is 0 Å². The number of nitrogens with one attached hydrogen (secondary N) is 3. The molecule has 39 heavy (non-hydrogen) atoms. The van der Waals surface area contributed by atoms with Gasteiger partial charge < -0.3 is 16.0 Å². The first-order chi connectivity index (χ1) is 18.9. The van der Waals surface area contributed by atoms with E-state index in [1.165, 1.54) is 17.8 Å². The summed E-state index contributed by atoms with van der Waals surface area (Å²) in [6.07, 6.45) is 1.53. The Bertz CT molecular complexity index is 1510. The number of carbonyl (C=O) groups is 3. The summed E-state index contributed by atoms with van der Waals surface area (Å²) in [7, 11) is 0. The van der Waals surface area contributed by atoms with Crippen LogP contribution in [0.5, 0.6) is 0 Å². The number of halogens is 2.